The highest BCUT2D eigenvalue weighted by molar-refractivity contribution is 7.80. The number of benzene rings is 1. The van der Waals surface area contributed by atoms with Gasteiger partial charge in [-0.15, -0.1) is 0 Å². The molecule has 1 unspecified atom stereocenters. The van der Waals surface area contributed by atoms with Crippen LogP contribution in [0.5, 0.6) is 11.5 Å². The molecule has 0 saturated carbocycles. The maximum absolute atomic E-state index is 12.8. The minimum atomic E-state index is -0.297. The fourth-order valence-electron chi connectivity index (χ4n) is 3.64. The molecule has 5 nitrogen and oxygen atoms in total. The Hall–Kier alpha value is -2.08. The summed E-state index contributed by atoms with van der Waals surface area (Å²) in [6, 6.07) is 5.46. The van der Waals surface area contributed by atoms with Crippen molar-refractivity contribution in [2.24, 2.45) is 0 Å². The Morgan fingerprint density at radius 1 is 1.32 bits per heavy atom. The van der Waals surface area contributed by atoms with Crippen molar-refractivity contribution >= 4 is 23.1 Å². The van der Waals surface area contributed by atoms with E-state index in [1.165, 1.54) is 0 Å². The number of para-hydroxylation sites is 1. The number of carbonyl (C=O) groups excluding carboxylic acids is 1. The number of hydrogen-bond donors (Lipinski definition) is 1. The second-order valence-corrected chi connectivity index (χ2v) is 6.46. The number of thiocarbonyl (C=S) groups is 1. The molecule has 134 valence electrons. The molecule has 0 fully saturated rings. The molecule has 1 heterocycles. The van der Waals surface area contributed by atoms with Crippen LogP contribution in [0.15, 0.2) is 29.5 Å². The SMILES string of the molecule is CCOc1c(OC)cccc1C1NC(=S)N(CC)C2=C1C(=O)CCC2. The molecule has 0 amide bonds. The van der Waals surface area contributed by atoms with Gasteiger partial charge in [0.1, 0.15) is 0 Å². The number of carbonyl (C=O) groups is 1. The van der Waals surface area contributed by atoms with Crippen LogP contribution in [0.1, 0.15) is 44.7 Å². The molecule has 1 N–H and O–H groups in total. The monoisotopic (exact) mass is 360 g/mol. The second kappa shape index (κ2) is 7.44. The van der Waals surface area contributed by atoms with E-state index in [1.54, 1.807) is 7.11 Å². The van der Waals surface area contributed by atoms with Crippen molar-refractivity contribution in [1.82, 2.24) is 10.2 Å². The summed E-state index contributed by atoms with van der Waals surface area (Å²) in [6.07, 6.45) is 2.33. The van der Waals surface area contributed by atoms with Gasteiger partial charge in [-0.2, -0.15) is 0 Å². The molecular formula is C19H24N2O3S. The van der Waals surface area contributed by atoms with E-state index in [4.69, 9.17) is 21.7 Å². The maximum atomic E-state index is 12.8. The van der Waals surface area contributed by atoms with Crippen LogP contribution in [0.2, 0.25) is 0 Å². The van der Waals surface area contributed by atoms with Crippen molar-refractivity contribution in [1.29, 1.82) is 0 Å². The number of ketones is 1. The lowest BCUT2D eigenvalue weighted by Crippen LogP contribution is -2.49. The van der Waals surface area contributed by atoms with Crippen LogP contribution in [0.3, 0.4) is 0 Å². The number of Topliss-reactive ketones (excluding diaryl/α,β-unsaturated/α-hetero) is 1. The molecule has 1 aliphatic heterocycles. The van der Waals surface area contributed by atoms with Crippen LogP contribution >= 0.6 is 12.2 Å². The van der Waals surface area contributed by atoms with Gasteiger partial charge in [-0.05, 0) is 45.0 Å². The lowest BCUT2D eigenvalue weighted by Gasteiger charge is -2.40. The Morgan fingerprint density at radius 2 is 2.12 bits per heavy atom. The summed E-state index contributed by atoms with van der Waals surface area (Å²) < 4.78 is 11.3. The van der Waals surface area contributed by atoms with E-state index >= 15 is 0 Å². The fraction of sp³-hybridized carbons (Fsp3) is 0.474. The molecule has 0 bridgehead atoms. The molecule has 3 rings (SSSR count). The van der Waals surface area contributed by atoms with Gasteiger partial charge in [0, 0.05) is 29.8 Å². The third-order valence-corrected chi connectivity index (χ3v) is 5.04. The lowest BCUT2D eigenvalue weighted by atomic mass is 9.84. The van der Waals surface area contributed by atoms with Crippen LogP contribution < -0.4 is 14.8 Å². The minimum Gasteiger partial charge on any atom is -0.493 e. The first-order valence-electron chi connectivity index (χ1n) is 8.76. The number of hydrogen-bond acceptors (Lipinski definition) is 4. The molecule has 6 heteroatoms. The Balaban J connectivity index is 2.16. The molecule has 0 aromatic heterocycles. The first kappa shape index (κ1) is 17.7. The Kier molecular flexibility index (Phi) is 5.27. The molecule has 0 spiro atoms. The smallest absolute Gasteiger partial charge is 0.173 e. The van der Waals surface area contributed by atoms with Gasteiger partial charge < -0.3 is 19.7 Å². The van der Waals surface area contributed by atoms with E-state index in [0.717, 1.165) is 36.2 Å². The van der Waals surface area contributed by atoms with Crippen LogP contribution in [0, 0.1) is 0 Å². The zero-order chi connectivity index (χ0) is 18.0. The highest BCUT2D eigenvalue weighted by Crippen LogP contribution is 2.43. The molecule has 1 aromatic rings. The van der Waals surface area contributed by atoms with Crippen LogP contribution in [0.4, 0.5) is 0 Å². The molecule has 0 radical (unpaired) electrons. The van der Waals surface area contributed by atoms with Crippen LogP contribution in [-0.4, -0.2) is 36.1 Å². The summed E-state index contributed by atoms with van der Waals surface area (Å²) in [6.45, 7) is 5.26. The van der Waals surface area contributed by atoms with Crippen molar-refractivity contribution in [2.45, 2.75) is 39.2 Å². The minimum absolute atomic E-state index is 0.185. The average molecular weight is 360 g/mol. The molecule has 25 heavy (non-hydrogen) atoms. The van der Waals surface area contributed by atoms with Gasteiger partial charge in [-0.3, -0.25) is 4.79 Å². The number of methoxy groups -OCH3 is 1. The third-order valence-electron chi connectivity index (χ3n) is 4.70. The standard InChI is InChI=1S/C19H24N2O3S/c1-4-21-13-9-7-10-14(22)16(13)17(20-19(21)25)12-8-6-11-15(23-3)18(12)24-5-2/h6,8,11,17H,4-5,7,9-10H2,1-3H3,(H,20,25). The highest BCUT2D eigenvalue weighted by atomic mass is 32.1. The number of rotatable bonds is 5. The number of allylic oxidation sites excluding steroid dienone is 1. The van der Waals surface area contributed by atoms with Crippen molar-refractivity contribution in [3.8, 4) is 11.5 Å². The fourth-order valence-corrected chi connectivity index (χ4v) is 4.00. The van der Waals surface area contributed by atoms with Crippen molar-refractivity contribution < 1.29 is 14.3 Å². The van der Waals surface area contributed by atoms with Crippen LogP contribution in [0.25, 0.3) is 0 Å². The van der Waals surface area contributed by atoms with Crippen LogP contribution in [-0.2, 0) is 4.79 Å². The Morgan fingerprint density at radius 3 is 2.80 bits per heavy atom. The topological polar surface area (TPSA) is 50.8 Å². The number of nitrogens with zero attached hydrogens (tertiary/aromatic N) is 1. The first-order valence-corrected chi connectivity index (χ1v) is 9.17. The Bertz CT molecular complexity index is 729. The molecular weight excluding hydrogens is 336 g/mol. The predicted octanol–water partition coefficient (Wildman–Crippen LogP) is 3.35. The molecule has 1 aromatic carbocycles. The number of nitrogens with one attached hydrogen (secondary N) is 1. The zero-order valence-corrected chi connectivity index (χ0v) is 15.7. The van der Waals surface area contributed by atoms with Gasteiger partial charge in [-0.25, -0.2) is 0 Å². The van der Waals surface area contributed by atoms with Crippen molar-refractivity contribution in [3.05, 3.63) is 35.0 Å². The summed E-state index contributed by atoms with van der Waals surface area (Å²) in [5.74, 6) is 1.52. The number of ether oxygens (including phenoxy) is 2. The van der Waals surface area contributed by atoms with E-state index in [2.05, 4.69) is 12.2 Å². The van der Waals surface area contributed by atoms with Gasteiger partial charge in [0.25, 0.3) is 0 Å². The summed E-state index contributed by atoms with van der Waals surface area (Å²) >= 11 is 5.58. The Labute approximate surface area is 154 Å². The summed E-state index contributed by atoms with van der Waals surface area (Å²) in [5.41, 5.74) is 2.76. The summed E-state index contributed by atoms with van der Waals surface area (Å²) in [4.78, 5) is 14.8. The second-order valence-electron chi connectivity index (χ2n) is 6.08. The molecule has 1 aliphatic carbocycles. The van der Waals surface area contributed by atoms with Gasteiger partial charge in [0.05, 0.1) is 19.8 Å². The lowest BCUT2D eigenvalue weighted by molar-refractivity contribution is -0.116. The normalized spacial score (nSPS) is 20.3. The molecule has 1 atom stereocenters. The van der Waals surface area contributed by atoms with E-state index < -0.39 is 0 Å². The van der Waals surface area contributed by atoms with Gasteiger partial charge in [0.2, 0.25) is 0 Å². The summed E-state index contributed by atoms with van der Waals surface area (Å²) in [7, 11) is 1.62. The quantitative estimate of drug-likeness (QED) is 0.813. The van der Waals surface area contributed by atoms with Crippen molar-refractivity contribution in [2.75, 3.05) is 20.3 Å². The first-order chi connectivity index (χ1) is 12.1. The van der Waals surface area contributed by atoms with Gasteiger partial charge in [0.15, 0.2) is 22.4 Å². The third kappa shape index (κ3) is 3.11. The zero-order valence-electron chi connectivity index (χ0n) is 14.9. The van der Waals surface area contributed by atoms with E-state index in [-0.39, 0.29) is 11.8 Å². The van der Waals surface area contributed by atoms with E-state index in [1.807, 2.05) is 30.0 Å². The summed E-state index contributed by atoms with van der Waals surface area (Å²) in [5, 5.41) is 4.02. The maximum Gasteiger partial charge on any atom is 0.173 e. The van der Waals surface area contributed by atoms with E-state index in [0.29, 0.717) is 29.6 Å². The van der Waals surface area contributed by atoms with E-state index in [9.17, 15) is 4.79 Å². The average Bonchev–Trinajstić information content (AvgIpc) is 2.61. The molecule has 2 aliphatic rings. The van der Waals surface area contributed by atoms with Crippen molar-refractivity contribution in [3.63, 3.8) is 0 Å². The highest BCUT2D eigenvalue weighted by Gasteiger charge is 2.38. The largest absolute Gasteiger partial charge is 0.493 e. The van der Waals surface area contributed by atoms with Gasteiger partial charge >= 0.3 is 0 Å². The van der Waals surface area contributed by atoms with Gasteiger partial charge in [-0.1, -0.05) is 12.1 Å². The molecule has 0 saturated heterocycles. The predicted molar refractivity (Wildman–Crippen MR) is 101 cm³/mol.